The van der Waals surface area contributed by atoms with Gasteiger partial charge in [-0.05, 0) is 75.2 Å². The highest BCUT2D eigenvalue weighted by molar-refractivity contribution is 5.43. The molecule has 2 aliphatic rings. The lowest BCUT2D eigenvalue weighted by molar-refractivity contribution is 0.0631. The van der Waals surface area contributed by atoms with Crippen LogP contribution in [0.2, 0.25) is 0 Å². The Bertz CT molecular complexity index is 582. The van der Waals surface area contributed by atoms with Crippen LogP contribution < -0.4 is 9.47 Å². The number of aryl methyl sites for hydroxylation is 1. The van der Waals surface area contributed by atoms with E-state index in [0.29, 0.717) is 13.2 Å². The van der Waals surface area contributed by atoms with Gasteiger partial charge in [-0.15, -0.1) is 0 Å². The molecule has 0 amide bonds. The zero-order valence-electron chi connectivity index (χ0n) is 18.1. The second kappa shape index (κ2) is 12.4. The number of β-amino-alcohol motifs (C(OH)–C–C–N with tert-alkyl or cyclic N) is 1. The van der Waals surface area contributed by atoms with E-state index in [4.69, 9.17) is 14.2 Å². The molecule has 2 aliphatic heterocycles. The van der Waals surface area contributed by atoms with Crippen molar-refractivity contribution in [2.45, 2.75) is 63.9 Å². The molecule has 1 aromatic carbocycles. The van der Waals surface area contributed by atoms with E-state index < -0.39 is 6.10 Å². The van der Waals surface area contributed by atoms with E-state index in [9.17, 15) is 5.11 Å². The predicted molar refractivity (Wildman–Crippen MR) is 116 cm³/mol. The van der Waals surface area contributed by atoms with Crippen LogP contribution in [0, 0.1) is 5.92 Å². The van der Waals surface area contributed by atoms with Crippen molar-refractivity contribution in [2.24, 2.45) is 5.92 Å². The maximum atomic E-state index is 10.3. The Kier molecular flexibility index (Phi) is 9.58. The quantitative estimate of drug-likeness (QED) is 0.532. The summed E-state index contributed by atoms with van der Waals surface area (Å²) in [5.74, 6) is 2.35. The van der Waals surface area contributed by atoms with Gasteiger partial charge in [-0.2, -0.15) is 0 Å². The molecule has 0 aromatic heterocycles. The summed E-state index contributed by atoms with van der Waals surface area (Å²) in [6.07, 6.45) is 10.7. The van der Waals surface area contributed by atoms with Crippen molar-refractivity contribution in [1.82, 2.24) is 4.90 Å². The van der Waals surface area contributed by atoms with Crippen LogP contribution in [0.25, 0.3) is 0 Å². The number of methoxy groups -OCH3 is 1. The molecule has 0 bridgehead atoms. The number of rotatable bonds is 12. The normalized spacial score (nSPS) is 19.4. The largest absolute Gasteiger partial charge is 0.493 e. The predicted octanol–water partition coefficient (Wildman–Crippen LogP) is 4.06. The van der Waals surface area contributed by atoms with Crippen LogP contribution in [-0.2, 0) is 11.2 Å². The minimum Gasteiger partial charge on any atom is -0.493 e. The first-order valence-corrected chi connectivity index (χ1v) is 11.5. The van der Waals surface area contributed by atoms with E-state index in [1.807, 2.05) is 6.07 Å². The van der Waals surface area contributed by atoms with Gasteiger partial charge in [0.25, 0.3) is 0 Å². The lowest BCUT2D eigenvalue weighted by Gasteiger charge is -2.21. The van der Waals surface area contributed by atoms with E-state index in [0.717, 1.165) is 50.1 Å². The third-order valence-electron chi connectivity index (χ3n) is 6.25. The van der Waals surface area contributed by atoms with Gasteiger partial charge < -0.3 is 24.2 Å². The number of aliphatic hydroxyl groups excluding tert-OH is 1. The fraction of sp³-hybridized carbons (Fsp3) is 0.750. The Morgan fingerprint density at radius 2 is 1.90 bits per heavy atom. The first-order valence-electron chi connectivity index (χ1n) is 11.5. The highest BCUT2D eigenvalue weighted by Gasteiger charge is 2.17. The summed E-state index contributed by atoms with van der Waals surface area (Å²) in [7, 11) is 1.67. The molecule has 0 saturated carbocycles. The van der Waals surface area contributed by atoms with Crippen molar-refractivity contribution in [3.8, 4) is 11.5 Å². The first kappa shape index (κ1) is 22.4. The number of nitrogens with zero attached hydrogens (tertiary/aromatic N) is 1. The van der Waals surface area contributed by atoms with Crippen molar-refractivity contribution < 1.29 is 19.3 Å². The molecule has 5 heteroatoms. The average molecular weight is 406 g/mol. The number of ether oxygens (including phenoxy) is 3. The third kappa shape index (κ3) is 7.80. The molecule has 164 valence electrons. The van der Waals surface area contributed by atoms with Crippen LogP contribution in [0.5, 0.6) is 11.5 Å². The molecule has 1 N–H and O–H groups in total. The average Bonchev–Trinajstić information content (AvgIpc) is 3.26. The molecule has 1 aromatic rings. The van der Waals surface area contributed by atoms with E-state index in [1.165, 1.54) is 56.9 Å². The highest BCUT2D eigenvalue weighted by Crippen LogP contribution is 2.29. The number of hydrogen-bond acceptors (Lipinski definition) is 5. The molecule has 2 fully saturated rings. The number of unbranched alkanes of at least 4 members (excludes halogenated alkanes) is 2. The Morgan fingerprint density at radius 3 is 2.66 bits per heavy atom. The summed E-state index contributed by atoms with van der Waals surface area (Å²) in [6, 6.07) is 6.20. The molecular formula is C24H39NO4. The molecule has 5 nitrogen and oxygen atoms in total. The minimum absolute atomic E-state index is 0.307. The van der Waals surface area contributed by atoms with Crippen LogP contribution in [0.1, 0.15) is 56.9 Å². The van der Waals surface area contributed by atoms with Crippen molar-refractivity contribution in [1.29, 1.82) is 0 Å². The fourth-order valence-corrected chi connectivity index (χ4v) is 4.47. The summed E-state index contributed by atoms with van der Waals surface area (Å²) in [6.45, 7) is 5.07. The topological polar surface area (TPSA) is 51.2 Å². The van der Waals surface area contributed by atoms with Gasteiger partial charge in [0.05, 0.1) is 7.11 Å². The maximum absolute atomic E-state index is 10.3. The zero-order chi connectivity index (χ0) is 20.3. The Balaban J connectivity index is 1.38. The van der Waals surface area contributed by atoms with Crippen molar-refractivity contribution in [3.63, 3.8) is 0 Å². The summed E-state index contributed by atoms with van der Waals surface area (Å²) >= 11 is 0. The molecule has 2 heterocycles. The van der Waals surface area contributed by atoms with Gasteiger partial charge in [0, 0.05) is 19.8 Å². The van der Waals surface area contributed by atoms with Gasteiger partial charge in [0.2, 0.25) is 0 Å². The molecule has 1 atom stereocenters. The monoisotopic (exact) mass is 405 g/mol. The van der Waals surface area contributed by atoms with E-state index >= 15 is 0 Å². The first-order chi connectivity index (χ1) is 14.2. The van der Waals surface area contributed by atoms with E-state index in [-0.39, 0.29) is 0 Å². The SMILES string of the molecule is COc1ccc(CCCCCC2CCOCC2)cc1OC[C@H](O)CN1CCCC1. The summed E-state index contributed by atoms with van der Waals surface area (Å²) in [5, 5.41) is 10.3. The highest BCUT2D eigenvalue weighted by atomic mass is 16.5. The van der Waals surface area contributed by atoms with Gasteiger partial charge in [0.15, 0.2) is 11.5 Å². The zero-order valence-corrected chi connectivity index (χ0v) is 18.1. The van der Waals surface area contributed by atoms with Gasteiger partial charge in [-0.1, -0.05) is 25.3 Å². The van der Waals surface area contributed by atoms with Crippen LogP contribution in [0.15, 0.2) is 18.2 Å². The maximum Gasteiger partial charge on any atom is 0.161 e. The standard InChI is InChI=1S/C24H39NO4/c1-27-23-10-9-21(8-4-2-3-7-20-11-15-28-16-12-20)17-24(23)29-19-22(26)18-25-13-5-6-14-25/h9-10,17,20,22,26H,2-8,11-16,18-19H2,1H3/t22-/m1/s1. The van der Waals surface area contributed by atoms with E-state index in [1.54, 1.807) is 7.11 Å². The molecule has 0 spiro atoms. The molecule has 2 saturated heterocycles. The lowest BCUT2D eigenvalue weighted by atomic mass is 9.93. The van der Waals surface area contributed by atoms with Crippen molar-refractivity contribution >= 4 is 0 Å². The van der Waals surface area contributed by atoms with Crippen LogP contribution in [0.4, 0.5) is 0 Å². The smallest absolute Gasteiger partial charge is 0.161 e. The van der Waals surface area contributed by atoms with Gasteiger partial charge in [0.1, 0.15) is 12.7 Å². The second-order valence-corrected chi connectivity index (χ2v) is 8.61. The Morgan fingerprint density at radius 1 is 1.10 bits per heavy atom. The van der Waals surface area contributed by atoms with E-state index in [2.05, 4.69) is 17.0 Å². The fourth-order valence-electron chi connectivity index (χ4n) is 4.47. The Labute approximate surface area is 176 Å². The van der Waals surface area contributed by atoms with Crippen molar-refractivity contribution in [3.05, 3.63) is 23.8 Å². The lowest BCUT2D eigenvalue weighted by Crippen LogP contribution is -2.33. The molecular weight excluding hydrogens is 366 g/mol. The third-order valence-corrected chi connectivity index (χ3v) is 6.25. The molecule has 29 heavy (non-hydrogen) atoms. The number of benzene rings is 1. The van der Waals surface area contributed by atoms with Crippen LogP contribution >= 0.6 is 0 Å². The molecule has 0 aliphatic carbocycles. The van der Waals surface area contributed by atoms with Gasteiger partial charge in [-0.3, -0.25) is 0 Å². The second-order valence-electron chi connectivity index (χ2n) is 8.61. The summed E-state index contributed by atoms with van der Waals surface area (Å²) in [5.41, 5.74) is 1.28. The molecule has 3 rings (SSSR count). The number of likely N-dealkylation sites (tertiary alicyclic amines) is 1. The van der Waals surface area contributed by atoms with Crippen LogP contribution in [-0.4, -0.2) is 62.7 Å². The molecule has 0 unspecified atom stereocenters. The summed E-state index contributed by atoms with van der Waals surface area (Å²) in [4.78, 5) is 2.31. The Hall–Kier alpha value is -1.30. The van der Waals surface area contributed by atoms with Gasteiger partial charge >= 0.3 is 0 Å². The van der Waals surface area contributed by atoms with Crippen molar-refractivity contribution in [2.75, 3.05) is 46.6 Å². The minimum atomic E-state index is -0.466. The summed E-state index contributed by atoms with van der Waals surface area (Å²) < 4.78 is 16.8. The van der Waals surface area contributed by atoms with Gasteiger partial charge in [-0.25, -0.2) is 0 Å². The number of hydrogen-bond donors (Lipinski definition) is 1. The number of aliphatic hydroxyl groups is 1. The molecule has 0 radical (unpaired) electrons. The van der Waals surface area contributed by atoms with Crippen LogP contribution in [0.3, 0.4) is 0 Å².